The van der Waals surface area contributed by atoms with Crippen LogP contribution in [-0.2, 0) is 17.8 Å². The van der Waals surface area contributed by atoms with Gasteiger partial charge in [0.2, 0.25) is 5.91 Å². The Morgan fingerprint density at radius 2 is 2.08 bits per heavy atom. The van der Waals surface area contributed by atoms with Gasteiger partial charge in [-0.3, -0.25) is 4.79 Å². The topological polar surface area (TPSA) is 83.6 Å². The highest BCUT2D eigenvalue weighted by Crippen LogP contribution is 2.28. The molecule has 3 rings (SSSR count). The standard InChI is InChI=1S/C18H20N2O4/c1-10(16-11(2)19-24-12(16)3)17(21)20-8-7-14-13(9-20)5-4-6-15(14)18(22)23/h4-6,10H,7-9H2,1-3H3,(H,22,23). The zero-order valence-corrected chi connectivity index (χ0v) is 14.0. The molecule has 0 saturated carbocycles. The number of aryl methyl sites for hydroxylation is 2. The van der Waals surface area contributed by atoms with Gasteiger partial charge in [0.05, 0.1) is 17.2 Å². The largest absolute Gasteiger partial charge is 0.478 e. The summed E-state index contributed by atoms with van der Waals surface area (Å²) in [6, 6.07) is 5.24. The van der Waals surface area contributed by atoms with Gasteiger partial charge in [-0.25, -0.2) is 4.79 Å². The summed E-state index contributed by atoms with van der Waals surface area (Å²) in [6.45, 7) is 6.45. The van der Waals surface area contributed by atoms with Gasteiger partial charge in [0.15, 0.2) is 0 Å². The first-order chi connectivity index (χ1) is 11.4. The number of aromatic nitrogens is 1. The lowest BCUT2D eigenvalue weighted by molar-refractivity contribution is -0.133. The molecule has 0 saturated heterocycles. The predicted molar refractivity (Wildman–Crippen MR) is 86.9 cm³/mol. The van der Waals surface area contributed by atoms with Crippen LogP contribution in [0.3, 0.4) is 0 Å². The summed E-state index contributed by atoms with van der Waals surface area (Å²) in [5, 5.41) is 13.2. The van der Waals surface area contributed by atoms with Crippen LogP contribution in [0.1, 0.15) is 51.3 Å². The van der Waals surface area contributed by atoms with E-state index in [4.69, 9.17) is 4.52 Å². The highest BCUT2D eigenvalue weighted by atomic mass is 16.5. The van der Waals surface area contributed by atoms with Crippen molar-refractivity contribution < 1.29 is 19.2 Å². The van der Waals surface area contributed by atoms with Crippen LogP contribution >= 0.6 is 0 Å². The van der Waals surface area contributed by atoms with Gasteiger partial charge in [0.25, 0.3) is 0 Å². The predicted octanol–water partition coefficient (Wildman–Crippen LogP) is 2.68. The molecule has 1 amide bonds. The molecule has 6 nitrogen and oxygen atoms in total. The second-order valence-corrected chi connectivity index (χ2v) is 6.22. The van der Waals surface area contributed by atoms with E-state index in [1.807, 2.05) is 26.8 Å². The van der Waals surface area contributed by atoms with E-state index < -0.39 is 5.97 Å². The number of amides is 1. The Morgan fingerprint density at radius 1 is 1.33 bits per heavy atom. The van der Waals surface area contributed by atoms with Crippen molar-refractivity contribution >= 4 is 11.9 Å². The summed E-state index contributed by atoms with van der Waals surface area (Å²) in [6.07, 6.45) is 0.553. The molecule has 1 aromatic heterocycles. The number of benzene rings is 1. The molecule has 1 aliphatic rings. The van der Waals surface area contributed by atoms with Gasteiger partial charge < -0.3 is 14.5 Å². The second-order valence-electron chi connectivity index (χ2n) is 6.22. The molecule has 1 atom stereocenters. The molecule has 1 N–H and O–H groups in total. The zero-order valence-electron chi connectivity index (χ0n) is 14.0. The fourth-order valence-corrected chi connectivity index (χ4v) is 3.50. The van der Waals surface area contributed by atoms with E-state index >= 15 is 0 Å². The maximum absolute atomic E-state index is 12.9. The number of carboxylic acids is 1. The molecule has 24 heavy (non-hydrogen) atoms. The third-order valence-corrected chi connectivity index (χ3v) is 4.70. The summed E-state index contributed by atoms with van der Waals surface area (Å²) in [7, 11) is 0. The molecular formula is C18H20N2O4. The van der Waals surface area contributed by atoms with Crippen LogP contribution in [0.15, 0.2) is 22.7 Å². The van der Waals surface area contributed by atoms with Crippen LogP contribution in [0, 0.1) is 13.8 Å². The van der Waals surface area contributed by atoms with Gasteiger partial charge in [0.1, 0.15) is 5.76 Å². The van der Waals surface area contributed by atoms with Crippen molar-refractivity contribution in [1.82, 2.24) is 10.1 Å². The molecule has 1 unspecified atom stereocenters. The van der Waals surface area contributed by atoms with Crippen molar-refractivity contribution in [2.75, 3.05) is 6.54 Å². The normalized spacial score (nSPS) is 15.0. The third-order valence-electron chi connectivity index (χ3n) is 4.70. The fourth-order valence-electron chi connectivity index (χ4n) is 3.50. The van der Waals surface area contributed by atoms with Gasteiger partial charge in [-0.1, -0.05) is 17.3 Å². The number of carbonyl (C=O) groups excluding carboxylic acids is 1. The first-order valence-electron chi connectivity index (χ1n) is 7.95. The van der Waals surface area contributed by atoms with Gasteiger partial charge >= 0.3 is 5.97 Å². The molecule has 2 aromatic rings. The number of carbonyl (C=O) groups is 2. The number of nitrogens with zero attached hydrogens (tertiary/aromatic N) is 2. The van der Waals surface area contributed by atoms with Crippen molar-refractivity contribution in [1.29, 1.82) is 0 Å². The number of hydrogen-bond acceptors (Lipinski definition) is 4. The first kappa shape index (κ1) is 16.2. The van der Waals surface area contributed by atoms with Crippen molar-refractivity contribution in [2.45, 2.75) is 39.7 Å². The average Bonchev–Trinajstić information content (AvgIpc) is 2.91. The summed E-state index contributed by atoms with van der Waals surface area (Å²) < 4.78 is 5.17. The van der Waals surface area contributed by atoms with Crippen molar-refractivity contribution in [3.63, 3.8) is 0 Å². The molecular weight excluding hydrogens is 308 g/mol. The lowest BCUT2D eigenvalue weighted by Gasteiger charge is -2.31. The van der Waals surface area contributed by atoms with E-state index in [2.05, 4.69) is 5.16 Å². The SMILES string of the molecule is Cc1noc(C)c1C(C)C(=O)N1CCc2c(cccc2C(=O)O)C1. The van der Waals surface area contributed by atoms with E-state index in [-0.39, 0.29) is 11.8 Å². The van der Waals surface area contributed by atoms with E-state index in [0.717, 1.165) is 22.4 Å². The maximum Gasteiger partial charge on any atom is 0.335 e. The average molecular weight is 328 g/mol. The van der Waals surface area contributed by atoms with Gasteiger partial charge in [0, 0.05) is 18.7 Å². The molecule has 6 heteroatoms. The molecule has 1 aliphatic heterocycles. The van der Waals surface area contributed by atoms with Gasteiger partial charge in [-0.2, -0.15) is 0 Å². The van der Waals surface area contributed by atoms with Crippen LogP contribution in [0.2, 0.25) is 0 Å². The summed E-state index contributed by atoms with van der Waals surface area (Å²) in [5.74, 6) is -0.578. The smallest absolute Gasteiger partial charge is 0.335 e. The Morgan fingerprint density at radius 3 is 2.71 bits per heavy atom. The van der Waals surface area contributed by atoms with E-state index in [0.29, 0.717) is 30.8 Å². The third kappa shape index (κ3) is 2.68. The molecule has 1 aromatic carbocycles. The molecule has 0 fully saturated rings. The number of fused-ring (bicyclic) bond motifs is 1. The number of carboxylic acid groups (broad SMARTS) is 1. The Labute approximate surface area is 140 Å². The molecule has 126 valence electrons. The van der Waals surface area contributed by atoms with Gasteiger partial charge in [-0.05, 0) is 44.4 Å². The molecule has 0 bridgehead atoms. The lowest BCUT2D eigenvalue weighted by atomic mass is 9.92. The van der Waals surface area contributed by atoms with Crippen molar-refractivity contribution in [3.8, 4) is 0 Å². The van der Waals surface area contributed by atoms with Crippen LogP contribution in [0.5, 0.6) is 0 Å². The molecule has 2 heterocycles. The van der Waals surface area contributed by atoms with Crippen LogP contribution in [-0.4, -0.2) is 33.6 Å². The van der Waals surface area contributed by atoms with E-state index in [9.17, 15) is 14.7 Å². The Hall–Kier alpha value is -2.63. The highest BCUT2D eigenvalue weighted by Gasteiger charge is 2.30. The van der Waals surface area contributed by atoms with Crippen LogP contribution < -0.4 is 0 Å². The van der Waals surface area contributed by atoms with Crippen molar-refractivity contribution in [3.05, 3.63) is 51.9 Å². The minimum atomic E-state index is -0.921. The highest BCUT2D eigenvalue weighted by molar-refractivity contribution is 5.90. The van der Waals surface area contributed by atoms with Crippen LogP contribution in [0.4, 0.5) is 0 Å². The van der Waals surface area contributed by atoms with E-state index in [1.54, 1.807) is 17.0 Å². The Bertz CT molecular complexity index is 790. The second kappa shape index (κ2) is 6.11. The van der Waals surface area contributed by atoms with Gasteiger partial charge in [-0.15, -0.1) is 0 Å². The minimum absolute atomic E-state index is 0.00998. The summed E-state index contributed by atoms with van der Waals surface area (Å²) in [5.41, 5.74) is 3.64. The fraction of sp³-hybridized carbons (Fsp3) is 0.389. The minimum Gasteiger partial charge on any atom is -0.478 e. The molecule has 0 radical (unpaired) electrons. The first-order valence-corrected chi connectivity index (χ1v) is 7.95. The number of rotatable bonds is 3. The summed E-state index contributed by atoms with van der Waals surface area (Å²) >= 11 is 0. The van der Waals surface area contributed by atoms with Crippen molar-refractivity contribution in [2.24, 2.45) is 0 Å². The lowest BCUT2D eigenvalue weighted by Crippen LogP contribution is -2.39. The quantitative estimate of drug-likeness (QED) is 0.936. The Kier molecular flexibility index (Phi) is 4.13. The number of aromatic carboxylic acids is 1. The van der Waals surface area contributed by atoms with Crippen LogP contribution in [0.25, 0.3) is 0 Å². The number of hydrogen-bond donors (Lipinski definition) is 1. The zero-order chi connectivity index (χ0) is 17.4. The monoisotopic (exact) mass is 328 g/mol. The molecule has 0 aliphatic carbocycles. The maximum atomic E-state index is 12.9. The molecule has 0 spiro atoms. The van der Waals surface area contributed by atoms with E-state index in [1.165, 1.54) is 0 Å². The Balaban J connectivity index is 1.84. The summed E-state index contributed by atoms with van der Waals surface area (Å²) in [4.78, 5) is 26.0.